The largest absolute Gasteiger partial charge is 0.366 e. The van der Waals surface area contributed by atoms with Crippen molar-refractivity contribution in [3.63, 3.8) is 0 Å². The molecule has 2 aromatic carbocycles. The lowest BCUT2D eigenvalue weighted by molar-refractivity contribution is 0.100. The Morgan fingerprint density at radius 2 is 1.88 bits per heavy atom. The Morgan fingerprint density at radius 1 is 1.17 bits per heavy atom. The number of hydrogen-bond acceptors (Lipinski definition) is 3. The van der Waals surface area contributed by atoms with Gasteiger partial charge in [0, 0.05) is 24.2 Å². The van der Waals surface area contributed by atoms with Crippen LogP contribution in [0.3, 0.4) is 0 Å². The number of rotatable bonds is 5. The van der Waals surface area contributed by atoms with E-state index in [1.165, 1.54) is 5.56 Å². The smallest absolute Gasteiger partial charge is 0.248 e. The Balaban J connectivity index is 2.14. The average molecular weight is 322 g/mol. The van der Waals surface area contributed by atoms with Crippen LogP contribution in [0.1, 0.15) is 35.7 Å². The summed E-state index contributed by atoms with van der Waals surface area (Å²) in [6.07, 6.45) is 0. The van der Waals surface area contributed by atoms with Crippen LogP contribution in [0, 0.1) is 0 Å². The standard InChI is InChI=1S/C19H22N4O/c1-12(2)13-3-5-14(6-4-13)19-22-16-11-15(18(21)24)7-8-17(16)23(19)10-9-20/h3-8,11-12H,9-10,20H2,1-2H3,(H2,21,24). The van der Waals surface area contributed by atoms with Crippen LogP contribution in [0.15, 0.2) is 42.5 Å². The average Bonchev–Trinajstić information content (AvgIpc) is 2.93. The third-order valence-corrected chi connectivity index (χ3v) is 4.22. The molecule has 5 nitrogen and oxygen atoms in total. The fraction of sp³-hybridized carbons (Fsp3) is 0.263. The van der Waals surface area contributed by atoms with Crippen LogP contribution in [-0.4, -0.2) is 22.0 Å². The SMILES string of the molecule is CC(C)c1ccc(-c2nc3cc(C(N)=O)ccc3n2CCN)cc1. The van der Waals surface area contributed by atoms with Gasteiger partial charge in [-0.2, -0.15) is 0 Å². The Bertz CT molecular complexity index is 878. The number of imidazole rings is 1. The van der Waals surface area contributed by atoms with Gasteiger partial charge in [0.25, 0.3) is 0 Å². The molecule has 0 radical (unpaired) electrons. The van der Waals surface area contributed by atoms with Crippen molar-refractivity contribution in [3.05, 3.63) is 53.6 Å². The number of nitrogens with two attached hydrogens (primary N) is 2. The Hall–Kier alpha value is -2.66. The molecule has 0 spiro atoms. The van der Waals surface area contributed by atoms with Gasteiger partial charge < -0.3 is 16.0 Å². The summed E-state index contributed by atoms with van der Waals surface area (Å²) in [5.41, 5.74) is 15.6. The van der Waals surface area contributed by atoms with Crippen LogP contribution >= 0.6 is 0 Å². The normalized spacial score (nSPS) is 11.3. The zero-order chi connectivity index (χ0) is 17.3. The van der Waals surface area contributed by atoms with Crippen LogP contribution in [0.4, 0.5) is 0 Å². The van der Waals surface area contributed by atoms with Gasteiger partial charge >= 0.3 is 0 Å². The van der Waals surface area contributed by atoms with Gasteiger partial charge in [0.1, 0.15) is 5.82 Å². The van der Waals surface area contributed by atoms with Gasteiger partial charge in [-0.15, -0.1) is 0 Å². The third kappa shape index (κ3) is 2.90. The monoisotopic (exact) mass is 322 g/mol. The lowest BCUT2D eigenvalue weighted by Gasteiger charge is -2.10. The van der Waals surface area contributed by atoms with Crippen molar-refractivity contribution in [2.45, 2.75) is 26.3 Å². The first-order valence-electron chi connectivity index (χ1n) is 8.11. The fourth-order valence-corrected chi connectivity index (χ4v) is 2.88. The van der Waals surface area contributed by atoms with Gasteiger partial charge in [0.15, 0.2) is 0 Å². The van der Waals surface area contributed by atoms with Crippen LogP contribution < -0.4 is 11.5 Å². The van der Waals surface area contributed by atoms with Crippen molar-refractivity contribution in [3.8, 4) is 11.4 Å². The second-order valence-electron chi connectivity index (χ2n) is 6.22. The van der Waals surface area contributed by atoms with Gasteiger partial charge in [0.2, 0.25) is 5.91 Å². The van der Waals surface area contributed by atoms with E-state index in [1.807, 2.05) is 6.07 Å². The van der Waals surface area contributed by atoms with E-state index in [2.05, 4.69) is 42.7 Å². The molecule has 124 valence electrons. The number of carbonyl (C=O) groups is 1. The second-order valence-corrected chi connectivity index (χ2v) is 6.22. The summed E-state index contributed by atoms with van der Waals surface area (Å²) < 4.78 is 2.09. The molecular formula is C19H22N4O. The highest BCUT2D eigenvalue weighted by molar-refractivity contribution is 5.96. The molecule has 1 heterocycles. The maximum Gasteiger partial charge on any atom is 0.248 e. The molecule has 0 atom stereocenters. The number of aromatic nitrogens is 2. The van der Waals surface area contributed by atoms with E-state index >= 15 is 0 Å². The van der Waals surface area contributed by atoms with Crippen molar-refractivity contribution < 1.29 is 4.79 Å². The van der Waals surface area contributed by atoms with Crippen LogP contribution in [-0.2, 0) is 6.54 Å². The maximum atomic E-state index is 11.4. The highest BCUT2D eigenvalue weighted by atomic mass is 16.1. The van der Waals surface area contributed by atoms with Gasteiger partial charge in [-0.1, -0.05) is 38.1 Å². The van der Waals surface area contributed by atoms with E-state index in [-0.39, 0.29) is 0 Å². The first-order chi connectivity index (χ1) is 11.5. The number of nitrogens with zero attached hydrogens (tertiary/aromatic N) is 2. The number of primary amides is 1. The maximum absolute atomic E-state index is 11.4. The van der Waals surface area contributed by atoms with Crippen LogP contribution in [0.25, 0.3) is 22.4 Å². The molecule has 1 amide bonds. The van der Waals surface area contributed by atoms with E-state index in [9.17, 15) is 4.79 Å². The molecule has 3 aromatic rings. The highest BCUT2D eigenvalue weighted by Crippen LogP contribution is 2.27. The van der Waals surface area contributed by atoms with Crippen LogP contribution in [0.2, 0.25) is 0 Å². The quantitative estimate of drug-likeness (QED) is 0.757. The number of hydrogen-bond donors (Lipinski definition) is 2. The van der Waals surface area contributed by atoms with Gasteiger partial charge in [-0.25, -0.2) is 4.98 Å². The molecule has 0 aliphatic heterocycles. The fourth-order valence-electron chi connectivity index (χ4n) is 2.88. The minimum atomic E-state index is -0.451. The molecule has 4 N–H and O–H groups in total. The Kier molecular flexibility index (Phi) is 4.36. The third-order valence-electron chi connectivity index (χ3n) is 4.22. The molecule has 0 aliphatic carbocycles. The zero-order valence-electron chi connectivity index (χ0n) is 14.0. The van der Waals surface area contributed by atoms with E-state index in [1.54, 1.807) is 12.1 Å². The van der Waals surface area contributed by atoms with Crippen LogP contribution in [0.5, 0.6) is 0 Å². The van der Waals surface area contributed by atoms with E-state index < -0.39 is 5.91 Å². The Morgan fingerprint density at radius 3 is 2.46 bits per heavy atom. The van der Waals surface area contributed by atoms with Crippen molar-refractivity contribution in [2.75, 3.05) is 6.54 Å². The zero-order valence-corrected chi connectivity index (χ0v) is 14.0. The van der Waals surface area contributed by atoms with Gasteiger partial charge in [-0.3, -0.25) is 4.79 Å². The summed E-state index contributed by atoms with van der Waals surface area (Å²) in [6, 6.07) is 13.8. The molecule has 5 heteroatoms. The Labute approximate surface area is 141 Å². The van der Waals surface area contributed by atoms with E-state index in [0.29, 0.717) is 24.6 Å². The molecule has 3 rings (SSSR count). The second kappa shape index (κ2) is 6.45. The summed E-state index contributed by atoms with van der Waals surface area (Å²) in [6.45, 7) is 5.52. The van der Waals surface area contributed by atoms with Crippen molar-refractivity contribution in [2.24, 2.45) is 11.5 Å². The number of amides is 1. The van der Waals surface area contributed by atoms with E-state index in [4.69, 9.17) is 16.5 Å². The predicted molar refractivity (Wildman–Crippen MR) is 96.8 cm³/mol. The number of benzene rings is 2. The van der Waals surface area contributed by atoms with Gasteiger partial charge in [-0.05, 0) is 29.7 Å². The molecule has 0 fully saturated rings. The molecule has 0 aliphatic rings. The van der Waals surface area contributed by atoms with E-state index in [0.717, 1.165) is 22.4 Å². The lowest BCUT2D eigenvalue weighted by Crippen LogP contribution is -2.12. The molecule has 0 unspecified atom stereocenters. The summed E-state index contributed by atoms with van der Waals surface area (Å²) in [4.78, 5) is 16.1. The topological polar surface area (TPSA) is 86.9 Å². The minimum absolute atomic E-state index is 0.451. The molecular weight excluding hydrogens is 300 g/mol. The first-order valence-corrected chi connectivity index (χ1v) is 8.11. The van der Waals surface area contributed by atoms with Crippen molar-refractivity contribution >= 4 is 16.9 Å². The molecule has 0 saturated heterocycles. The minimum Gasteiger partial charge on any atom is -0.366 e. The van der Waals surface area contributed by atoms with Crippen molar-refractivity contribution in [1.29, 1.82) is 0 Å². The van der Waals surface area contributed by atoms with Gasteiger partial charge in [0.05, 0.1) is 11.0 Å². The molecule has 0 bridgehead atoms. The number of carbonyl (C=O) groups excluding carboxylic acids is 1. The summed E-state index contributed by atoms with van der Waals surface area (Å²) in [5.74, 6) is 0.889. The summed E-state index contributed by atoms with van der Waals surface area (Å²) >= 11 is 0. The molecule has 24 heavy (non-hydrogen) atoms. The van der Waals surface area contributed by atoms with Crippen molar-refractivity contribution in [1.82, 2.24) is 9.55 Å². The predicted octanol–water partition coefficient (Wildman–Crippen LogP) is 2.88. The summed E-state index contributed by atoms with van der Waals surface area (Å²) in [5, 5.41) is 0. The highest BCUT2D eigenvalue weighted by Gasteiger charge is 2.14. The summed E-state index contributed by atoms with van der Waals surface area (Å²) in [7, 11) is 0. The first kappa shape index (κ1) is 16.2. The molecule has 0 saturated carbocycles. The molecule has 1 aromatic heterocycles. The lowest BCUT2D eigenvalue weighted by atomic mass is 10.0. The number of fused-ring (bicyclic) bond motifs is 1.